The number of carbonyl (C=O) groups is 1. The Morgan fingerprint density at radius 3 is 2.59 bits per heavy atom. The first-order chi connectivity index (χ1) is 13.0. The van der Waals surface area contributed by atoms with E-state index in [1.54, 1.807) is 19.1 Å². The standard InChI is InChI=1S/C20H20FN3O3/c1-13-12-14(6-7-15(13)21)18(19(25)26)23-8-10-24(11-9-23)20-22-16-4-2-3-5-17(16)27-20/h2-7,12,18H,8-11H2,1H3,(H,25,26)/t18-/m0/s1. The molecule has 0 amide bonds. The van der Waals surface area contributed by atoms with Gasteiger partial charge in [-0.2, -0.15) is 4.98 Å². The van der Waals surface area contributed by atoms with Crippen molar-refractivity contribution in [2.75, 3.05) is 31.1 Å². The molecule has 140 valence electrons. The van der Waals surface area contributed by atoms with E-state index in [1.807, 2.05) is 34.1 Å². The van der Waals surface area contributed by atoms with E-state index in [1.165, 1.54) is 6.07 Å². The van der Waals surface area contributed by atoms with E-state index in [0.717, 1.165) is 11.1 Å². The van der Waals surface area contributed by atoms with E-state index < -0.39 is 12.0 Å². The molecule has 4 rings (SSSR count). The molecule has 1 aliphatic rings. The molecule has 1 fully saturated rings. The van der Waals surface area contributed by atoms with Gasteiger partial charge < -0.3 is 14.4 Å². The number of anilines is 1. The molecule has 0 unspecified atom stereocenters. The lowest BCUT2D eigenvalue weighted by Gasteiger charge is -2.37. The van der Waals surface area contributed by atoms with E-state index in [0.29, 0.717) is 43.3 Å². The van der Waals surface area contributed by atoms with Crippen LogP contribution in [0.2, 0.25) is 0 Å². The molecular formula is C20H20FN3O3. The number of carboxylic acid groups (broad SMARTS) is 1. The Kier molecular flexibility index (Phi) is 4.53. The van der Waals surface area contributed by atoms with Gasteiger partial charge in [-0.05, 0) is 36.2 Å². The zero-order valence-corrected chi connectivity index (χ0v) is 14.9. The zero-order chi connectivity index (χ0) is 19.0. The lowest BCUT2D eigenvalue weighted by molar-refractivity contribution is -0.143. The minimum Gasteiger partial charge on any atom is -0.480 e. The van der Waals surface area contributed by atoms with Gasteiger partial charge in [0.2, 0.25) is 0 Å². The number of hydrogen-bond acceptors (Lipinski definition) is 5. The number of oxazole rings is 1. The molecule has 3 aromatic rings. The molecule has 0 saturated carbocycles. The van der Waals surface area contributed by atoms with Crippen molar-refractivity contribution in [1.82, 2.24) is 9.88 Å². The van der Waals surface area contributed by atoms with Crippen LogP contribution >= 0.6 is 0 Å². The van der Waals surface area contributed by atoms with Crippen molar-refractivity contribution < 1.29 is 18.7 Å². The smallest absolute Gasteiger partial charge is 0.325 e. The van der Waals surface area contributed by atoms with Gasteiger partial charge in [-0.1, -0.05) is 24.3 Å². The predicted octanol–water partition coefficient (Wildman–Crippen LogP) is 3.22. The van der Waals surface area contributed by atoms with Crippen LogP contribution in [0.15, 0.2) is 46.9 Å². The number of halogens is 1. The summed E-state index contributed by atoms with van der Waals surface area (Å²) in [5.74, 6) is -1.26. The summed E-state index contributed by atoms with van der Waals surface area (Å²) in [4.78, 5) is 20.3. The molecule has 2 aromatic carbocycles. The van der Waals surface area contributed by atoms with Gasteiger partial charge in [0.05, 0.1) is 0 Å². The van der Waals surface area contributed by atoms with Crippen LogP contribution in [-0.4, -0.2) is 47.1 Å². The summed E-state index contributed by atoms with van der Waals surface area (Å²) in [6.45, 7) is 3.95. The molecule has 2 heterocycles. The molecule has 1 aromatic heterocycles. The number of piperazine rings is 1. The average Bonchev–Trinajstić information content (AvgIpc) is 3.09. The van der Waals surface area contributed by atoms with Crippen LogP contribution in [0.25, 0.3) is 11.1 Å². The molecule has 1 aliphatic heterocycles. The lowest BCUT2D eigenvalue weighted by atomic mass is 10.0. The number of nitrogens with zero attached hydrogens (tertiary/aromatic N) is 3. The summed E-state index contributed by atoms with van der Waals surface area (Å²) in [5, 5.41) is 9.74. The number of aromatic nitrogens is 1. The highest BCUT2D eigenvalue weighted by atomic mass is 19.1. The first-order valence-electron chi connectivity index (χ1n) is 8.86. The van der Waals surface area contributed by atoms with Gasteiger partial charge in [-0.15, -0.1) is 0 Å². The minimum atomic E-state index is -0.934. The fourth-order valence-corrected chi connectivity index (χ4v) is 3.51. The quantitative estimate of drug-likeness (QED) is 0.762. The van der Waals surface area contributed by atoms with Crippen LogP contribution in [-0.2, 0) is 4.79 Å². The van der Waals surface area contributed by atoms with E-state index in [9.17, 15) is 14.3 Å². The van der Waals surface area contributed by atoms with E-state index in [-0.39, 0.29) is 5.82 Å². The number of para-hydroxylation sites is 2. The van der Waals surface area contributed by atoms with Crippen molar-refractivity contribution >= 4 is 23.1 Å². The van der Waals surface area contributed by atoms with Crippen molar-refractivity contribution in [2.45, 2.75) is 13.0 Å². The largest absolute Gasteiger partial charge is 0.480 e. The van der Waals surface area contributed by atoms with Crippen molar-refractivity contribution in [2.24, 2.45) is 0 Å². The highest BCUT2D eigenvalue weighted by molar-refractivity contribution is 5.76. The molecule has 27 heavy (non-hydrogen) atoms. The monoisotopic (exact) mass is 369 g/mol. The van der Waals surface area contributed by atoms with Crippen LogP contribution < -0.4 is 4.90 Å². The Balaban J connectivity index is 1.51. The van der Waals surface area contributed by atoms with Crippen LogP contribution in [0.1, 0.15) is 17.2 Å². The summed E-state index contributed by atoms with van der Waals surface area (Å²) >= 11 is 0. The first-order valence-corrected chi connectivity index (χ1v) is 8.86. The third-order valence-corrected chi connectivity index (χ3v) is 4.96. The van der Waals surface area contributed by atoms with Crippen LogP contribution in [0.4, 0.5) is 10.4 Å². The van der Waals surface area contributed by atoms with Crippen molar-refractivity contribution in [3.05, 3.63) is 59.4 Å². The van der Waals surface area contributed by atoms with E-state index in [4.69, 9.17) is 4.42 Å². The highest BCUT2D eigenvalue weighted by Gasteiger charge is 2.31. The second-order valence-electron chi connectivity index (χ2n) is 6.74. The summed E-state index contributed by atoms with van der Waals surface area (Å²) < 4.78 is 19.3. The number of benzene rings is 2. The van der Waals surface area contributed by atoms with Gasteiger partial charge in [-0.3, -0.25) is 9.69 Å². The highest BCUT2D eigenvalue weighted by Crippen LogP contribution is 2.27. The number of carboxylic acids is 1. The number of fused-ring (bicyclic) bond motifs is 1. The maximum Gasteiger partial charge on any atom is 0.325 e. The average molecular weight is 369 g/mol. The summed E-state index contributed by atoms with van der Waals surface area (Å²) in [6, 6.07) is 11.8. The van der Waals surface area contributed by atoms with E-state index >= 15 is 0 Å². The van der Waals surface area contributed by atoms with Crippen LogP contribution in [0, 0.1) is 12.7 Å². The van der Waals surface area contributed by atoms with Gasteiger partial charge in [0.25, 0.3) is 6.01 Å². The molecular weight excluding hydrogens is 349 g/mol. The third-order valence-electron chi connectivity index (χ3n) is 4.96. The molecule has 0 aliphatic carbocycles. The zero-order valence-electron chi connectivity index (χ0n) is 14.9. The molecule has 6 nitrogen and oxygen atoms in total. The Hall–Kier alpha value is -2.93. The second-order valence-corrected chi connectivity index (χ2v) is 6.74. The predicted molar refractivity (Wildman–Crippen MR) is 99.3 cm³/mol. The normalized spacial score (nSPS) is 16.6. The van der Waals surface area contributed by atoms with Crippen LogP contribution in [0.3, 0.4) is 0 Å². The fraction of sp³-hybridized carbons (Fsp3) is 0.300. The van der Waals surface area contributed by atoms with Crippen molar-refractivity contribution in [3.8, 4) is 0 Å². The van der Waals surface area contributed by atoms with Gasteiger partial charge in [0.1, 0.15) is 17.4 Å². The summed E-state index contributed by atoms with van der Waals surface area (Å²) in [7, 11) is 0. The minimum absolute atomic E-state index is 0.330. The molecule has 1 saturated heterocycles. The Morgan fingerprint density at radius 1 is 1.19 bits per heavy atom. The van der Waals surface area contributed by atoms with Crippen LogP contribution in [0.5, 0.6) is 0 Å². The third kappa shape index (κ3) is 3.38. The van der Waals surface area contributed by atoms with Gasteiger partial charge in [-0.25, -0.2) is 4.39 Å². The molecule has 0 spiro atoms. The summed E-state index contributed by atoms with van der Waals surface area (Å²) in [5.41, 5.74) is 2.58. The topological polar surface area (TPSA) is 69.8 Å². The molecule has 1 N–H and O–H groups in total. The van der Waals surface area contributed by atoms with Gasteiger partial charge >= 0.3 is 5.97 Å². The first kappa shape index (κ1) is 17.5. The molecule has 0 radical (unpaired) electrons. The fourth-order valence-electron chi connectivity index (χ4n) is 3.51. The summed E-state index contributed by atoms with van der Waals surface area (Å²) in [6.07, 6.45) is 0. The molecule has 1 atom stereocenters. The SMILES string of the molecule is Cc1cc([C@@H](C(=O)O)N2CCN(c3nc4ccccc4o3)CC2)ccc1F. The second kappa shape index (κ2) is 7.00. The Labute approximate surface area is 155 Å². The lowest BCUT2D eigenvalue weighted by Crippen LogP contribution is -2.49. The molecule has 0 bridgehead atoms. The number of hydrogen-bond donors (Lipinski definition) is 1. The van der Waals surface area contributed by atoms with Gasteiger partial charge in [0.15, 0.2) is 5.58 Å². The number of aryl methyl sites for hydroxylation is 1. The van der Waals surface area contributed by atoms with Gasteiger partial charge in [0, 0.05) is 26.2 Å². The number of rotatable bonds is 4. The van der Waals surface area contributed by atoms with Crippen molar-refractivity contribution in [1.29, 1.82) is 0 Å². The molecule has 7 heteroatoms. The van der Waals surface area contributed by atoms with E-state index in [2.05, 4.69) is 4.98 Å². The Morgan fingerprint density at radius 2 is 1.93 bits per heavy atom. The maximum atomic E-state index is 13.5. The van der Waals surface area contributed by atoms with Crippen molar-refractivity contribution in [3.63, 3.8) is 0 Å². The Bertz CT molecular complexity index is 947. The maximum absolute atomic E-state index is 13.5. The number of aliphatic carboxylic acids is 1.